The third-order valence-electron chi connectivity index (χ3n) is 5.70. The van der Waals surface area contributed by atoms with Crippen LogP contribution < -0.4 is 16.6 Å². The Morgan fingerprint density at radius 1 is 1.17 bits per heavy atom. The highest BCUT2D eigenvalue weighted by Crippen LogP contribution is 2.18. The van der Waals surface area contributed by atoms with Crippen LogP contribution in [0, 0.1) is 5.82 Å². The van der Waals surface area contributed by atoms with Gasteiger partial charge in [-0.05, 0) is 57.0 Å². The Balaban J connectivity index is 1.50. The monoisotopic (exact) mass is 482 g/mol. The second-order valence-electron chi connectivity index (χ2n) is 9.56. The first-order valence-corrected chi connectivity index (χ1v) is 11.3. The molecule has 0 spiro atoms. The third-order valence-corrected chi connectivity index (χ3v) is 5.70. The summed E-state index contributed by atoms with van der Waals surface area (Å²) in [5, 5.41) is 3.13. The lowest BCUT2D eigenvalue weighted by Gasteiger charge is -2.24. The lowest BCUT2D eigenvalue weighted by Crippen LogP contribution is -2.40. The van der Waals surface area contributed by atoms with Crippen molar-refractivity contribution in [3.05, 3.63) is 80.2 Å². The van der Waals surface area contributed by atoms with Gasteiger partial charge in [0.05, 0.1) is 23.0 Å². The van der Waals surface area contributed by atoms with Crippen molar-refractivity contribution >= 4 is 22.9 Å². The Morgan fingerprint density at radius 3 is 2.66 bits per heavy atom. The number of halogens is 1. The predicted molar refractivity (Wildman–Crippen MR) is 128 cm³/mol. The number of likely N-dealkylation sites (tertiary alicyclic amines) is 1. The summed E-state index contributed by atoms with van der Waals surface area (Å²) in [4.78, 5) is 53.4. The van der Waals surface area contributed by atoms with Crippen LogP contribution in [0.2, 0.25) is 0 Å². The molecule has 0 bridgehead atoms. The fourth-order valence-electron chi connectivity index (χ4n) is 4.06. The Hall–Kier alpha value is -3.95. The molecule has 1 aromatic heterocycles. The number of ether oxygens (including phenoxy) is 1. The van der Waals surface area contributed by atoms with Crippen LogP contribution in [0.25, 0.3) is 10.9 Å². The van der Waals surface area contributed by atoms with Crippen LogP contribution in [0.1, 0.15) is 43.1 Å². The normalized spacial score (nSPS) is 15.9. The fourth-order valence-corrected chi connectivity index (χ4v) is 4.06. The molecule has 3 aromatic rings. The number of carbonyl (C=O) groups excluding carboxylic acids is 2. The molecule has 2 amide bonds. The van der Waals surface area contributed by atoms with Crippen LogP contribution in [0.5, 0.6) is 0 Å². The van der Waals surface area contributed by atoms with Crippen LogP contribution in [-0.2, 0) is 11.3 Å². The van der Waals surface area contributed by atoms with Gasteiger partial charge in [-0.2, -0.15) is 0 Å². The molecular weight excluding hydrogens is 455 g/mol. The quantitative estimate of drug-likeness (QED) is 0.594. The maximum Gasteiger partial charge on any atom is 0.410 e. The van der Waals surface area contributed by atoms with Gasteiger partial charge in [-0.15, -0.1) is 0 Å². The van der Waals surface area contributed by atoms with E-state index in [-0.39, 0.29) is 24.7 Å². The van der Waals surface area contributed by atoms with E-state index in [4.69, 9.17) is 4.74 Å². The molecule has 0 radical (unpaired) electrons. The van der Waals surface area contributed by atoms with Crippen LogP contribution in [0.3, 0.4) is 0 Å². The standard InChI is InChI=1S/C25H27FN4O5/c1-25(2,3)35-24(34)29-11-10-16(14-29)27-22(32)18-12-15(8-9-19(18)26)13-30-20-7-5-4-6-17(20)21(31)28-23(30)33/h4-9,12,16H,10-11,13-14H2,1-3H3,(H,27,32)(H,28,31,33). The summed E-state index contributed by atoms with van der Waals surface area (Å²) in [6.07, 6.45) is 0.0615. The molecule has 1 fully saturated rings. The maximum absolute atomic E-state index is 14.5. The molecule has 2 heterocycles. The number of nitrogens with zero attached hydrogens (tertiary/aromatic N) is 2. The Morgan fingerprint density at radius 2 is 1.91 bits per heavy atom. The number of hydrogen-bond acceptors (Lipinski definition) is 5. The van der Waals surface area contributed by atoms with Crippen molar-refractivity contribution in [2.24, 2.45) is 0 Å². The summed E-state index contributed by atoms with van der Waals surface area (Å²) < 4.78 is 21.3. The minimum absolute atomic E-state index is 0.0343. The summed E-state index contributed by atoms with van der Waals surface area (Å²) in [6.45, 7) is 6.05. The second-order valence-corrected chi connectivity index (χ2v) is 9.56. The van der Waals surface area contributed by atoms with Crippen molar-refractivity contribution in [3.63, 3.8) is 0 Å². The largest absolute Gasteiger partial charge is 0.444 e. The zero-order chi connectivity index (χ0) is 25.3. The first-order valence-electron chi connectivity index (χ1n) is 11.3. The van der Waals surface area contributed by atoms with Crippen molar-refractivity contribution in [2.75, 3.05) is 13.1 Å². The highest BCUT2D eigenvalue weighted by Gasteiger charge is 2.31. The second kappa shape index (κ2) is 9.36. The summed E-state index contributed by atoms with van der Waals surface area (Å²) in [6, 6.07) is 10.4. The number of benzene rings is 2. The third kappa shape index (κ3) is 5.42. The zero-order valence-electron chi connectivity index (χ0n) is 19.8. The van der Waals surface area contributed by atoms with Crippen LogP contribution in [-0.4, -0.2) is 51.2 Å². The smallest absolute Gasteiger partial charge is 0.410 e. The van der Waals surface area contributed by atoms with Crippen molar-refractivity contribution in [1.82, 2.24) is 19.8 Å². The van der Waals surface area contributed by atoms with E-state index < -0.39 is 34.7 Å². The average Bonchev–Trinajstić information content (AvgIpc) is 3.25. The lowest BCUT2D eigenvalue weighted by molar-refractivity contribution is 0.0290. The average molecular weight is 483 g/mol. The van der Waals surface area contributed by atoms with E-state index in [1.54, 1.807) is 45.0 Å². The SMILES string of the molecule is CC(C)(C)OC(=O)N1CCC(NC(=O)c2cc(Cn3c(=O)[nH]c(=O)c4ccccc43)ccc2F)C1. The van der Waals surface area contributed by atoms with Gasteiger partial charge in [0.15, 0.2) is 0 Å². The molecule has 2 aromatic carbocycles. The van der Waals surface area contributed by atoms with E-state index in [0.29, 0.717) is 29.4 Å². The van der Waals surface area contributed by atoms with Crippen molar-refractivity contribution in [3.8, 4) is 0 Å². The molecule has 1 saturated heterocycles. The highest BCUT2D eigenvalue weighted by atomic mass is 19.1. The van der Waals surface area contributed by atoms with Gasteiger partial charge in [0.2, 0.25) is 0 Å². The number of aromatic amines is 1. The van der Waals surface area contributed by atoms with E-state index in [1.165, 1.54) is 27.7 Å². The van der Waals surface area contributed by atoms with Crippen LogP contribution in [0.4, 0.5) is 9.18 Å². The first kappa shape index (κ1) is 24.2. The molecule has 4 rings (SSSR count). The Labute approximate surface area is 200 Å². The Kier molecular flexibility index (Phi) is 6.47. The van der Waals surface area contributed by atoms with Gasteiger partial charge >= 0.3 is 11.8 Å². The van der Waals surface area contributed by atoms with E-state index in [9.17, 15) is 23.6 Å². The maximum atomic E-state index is 14.5. The number of para-hydroxylation sites is 1. The number of nitrogens with one attached hydrogen (secondary N) is 2. The van der Waals surface area contributed by atoms with Gasteiger partial charge in [0, 0.05) is 19.1 Å². The molecule has 0 aliphatic carbocycles. The van der Waals surface area contributed by atoms with Gasteiger partial charge in [-0.25, -0.2) is 14.0 Å². The van der Waals surface area contributed by atoms with Gasteiger partial charge in [-0.3, -0.25) is 19.1 Å². The van der Waals surface area contributed by atoms with E-state index in [2.05, 4.69) is 10.3 Å². The molecule has 1 aliphatic rings. The number of rotatable bonds is 4. The van der Waals surface area contributed by atoms with E-state index in [1.807, 2.05) is 0 Å². The number of carbonyl (C=O) groups is 2. The molecule has 10 heteroatoms. The number of aromatic nitrogens is 2. The number of amides is 2. The summed E-state index contributed by atoms with van der Waals surface area (Å²) >= 11 is 0. The molecule has 1 unspecified atom stereocenters. The van der Waals surface area contributed by atoms with Gasteiger partial charge in [0.25, 0.3) is 11.5 Å². The molecular formula is C25H27FN4O5. The Bertz CT molecular complexity index is 1410. The van der Waals surface area contributed by atoms with Crippen LogP contribution >= 0.6 is 0 Å². The highest BCUT2D eigenvalue weighted by molar-refractivity contribution is 5.95. The molecule has 0 saturated carbocycles. The topological polar surface area (TPSA) is 114 Å². The predicted octanol–water partition coefficient (Wildman–Crippen LogP) is 2.62. The summed E-state index contributed by atoms with van der Waals surface area (Å²) in [7, 11) is 0. The van der Waals surface area contributed by atoms with Crippen LogP contribution in [0.15, 0.2) is 52.1 Å². The number of hydrogen-bond donors (Lipinski definition) is 2. The fraction of sp³-hybridized carbons (Fsp3) is 0.360. The van der Waals surface area contributed by atoms with E-state index >= 15 is 0 Å². The first-order chi connectivity index (χ1) is 16.5. The molecule has 9 nitrogen and oxygen atoms in total. The minimum atomic E-state index is -0.702. The summed E-state index contributed by atoms with van der Waals surface area (Å²) in [5.74, 6) is -1.31. The lowest BCUT2D eigenvalue weighted by atomic mass is 10.1. The molecule has 184 valence electrons. The molecule has 2 N–H and O–H groups in total. The van der Waals surface area contributed by atoms with Crippen molar-refractivity contribution < 1.29 is 18.7 Å². The summed E-state index contributed by atoms with van der Waals surface area (Å²) in [5.41, 5.74) is -0.932. The van der Waals surface area contributed by atoms with Gasteiger partial charge < -0.3 is 15.0 Å². The zero-order valence-corrected chi connectivity index (χ0v) is 19.8. The van der Waals surface area contributed by atoms with Gasteiger partial charge in [-0.1, -0.05) is 18.2 Å². The van der Waals surface area contributed by atoms with E-state index in [0.717, 1.165) is 0 Å². The number of H-pyrrole nitrogens is 1. The van der Waals surface area contributed by atoms with Gasteiger partial charge in [0.1, 0.15) is 11.4 Å². The van der Waals surface area contributed by atoms with Crippen molar-refractivity contribution in [2.45, 2.75) is 45.4 Å². The molecule has 1 aliphatic heterocycles. The molecule has 1 atom stereocenters. The van der Waals surface area contributed by atoms with Crippen molar-refractivity contribution in [1.29, 1.82) is 0 Å². The number of fused-ring (bicyclic) bond motifs is 1. The molecule has 35 heavy (non-hydrogen) atoms. The minimum Gasteiger partial charge on any atom is -0.444 e.